The fraction of sp³-hybridized carbons (Fsp3) is 0.200. The van der Waals surface area contributed by atoms with Crippen LogP contribution in [0.5, 0.6) is 5.75 Å². The molecule has 0 atom stereocenters. The Labute approximate surface area is 161 Å². The Bertz CT molecular complexity index is 1080. The van der Waals surface area contributed by atoms with Crippen LogP contribution in [0.15, 0.2) is 68.7 Å². The topological polar surface area (TPSA) is 77.5 Å². The molecule has 3 aromatic heterocycles. The summed E-state index contributed by atoms with van der Waals surface area (Å²) in [4.78, 5) is 15.5. The lowest BCUT2D eigenvalue weighted by molar-refractivity contribution is 0.315. The Morgan fingerprint density at radius 2 is 1.81 bits per heavy atom. The zero-order valence-electron chi connectivity index (χ0n) is 14.5. The highest BCUT2D eigenvalue weighted by Gasteiger charge is 2.13. The molecule has 3 heterocycles. The first-order valence-corrected chi connectivity index (χ1v) is 8.52. The van der Waals surface area contributed by atoms with Crippen LogP contribution >= 0.6 is 12.4 Å². The quantitative estimate of drug-likeness (QED) is 0.368. The van der Waals surface area contributed by atoms with Gasteiger partial charge in [-0.2, -0.15) is 0 Å². The van der Waals surface area contributed by atoms with E-state index in [4.69, 9.17) is 13.6 Å². The Morgan fingerprint density at radius 1 is 1.00 bits per heavy atom. The molecule has 0 saturated carbocycles. The number of ether oxygens (including phenoxy) is 1. The predicted molar refractivity (Wildman–Crippen MR) is 107 cm³/mol. The molecule has 1 N–H and O–H groups in total. The van der Waals surface area contributed by atoms with E-state index in [0.29, 0.717) is 23.5 Å². The molecular formula is C20H19ClN2O4. The number of nitrogens with zero attached hydrogens (tertiary/aromatic N) is 1. The van der Waals surface area contributed by atoms with Gasteiger partial charge in [0.2, 0.25) is 0 Å². The van der Waals surface area contributed by atoms with Crippen molar-refractivity contribution in [2.45, 2.75) is 12.8 Å². The fourth-order valence-electron chi connectivity index (χ4n) is 2.87. The molecule has 0 unspecified atom stereocenters. The standard InChI is InChI=1S/C20H18N2O4.ClH/c23-19-4-3-15-18(26-19)13-17-16(7-12-24-17)20(15)25-11-2-1-8-22-14-5-9-21-10-6-14;/h3-7,9-10,12-13H,1-2,8,11H2,(H,21,22);1H. The van der Waals surface area contributed by atoms with E-state index in [0.717, 1.165) is 35.8 Å². The minimum Gasteiger partial charge on any atom is -0.492 e. The summed E-state index contributed by atoms with van der Waals surface area (Å²) in [6.45, 7) is 1.43. The van der Waals surface area contributed by atoms with Gasteiger partial charge in [0.1, 0.15) is 16.9 Å². The molecule has 0 aliphatic rings. The Balaban J connectivity index is 0.00000210. The summed E-state index contributed by atoms with van der Waals surface area (Å²) in [5, 5.41) is 4.99. The number of anilines is 1. The first kappa shape index (κ1) is 18.8. The van der Waals surface area contributed by atoms with Gasteiger partial charge in [-0.15, -0.1) is 12.4 Å². The number of hydrogen-bond donors (Lipinski definition) is 1. The highest BCUT2D eigenvalue weighted by atomic mass is 35.5. The van der Waals surface area contributed by atoms with E-state index in [1.807, 2.05) is 18.2 Å². The van der Waals surface area contributed by atoms with Crippen molar-refractivity contribution in [3.63, 3.8) is 0 Å². The van der Waals surface area contributed by atoms with Crippen molar-refractivity contribution in [2.75, 3.05) is 18.5 Å². The van der Waals surface area contributed by atoms with E-state index in [-0.39, 0.29) is 12.4 Å². The first-order chi connectivity index (χ1) is 12.8. The van der Waals surface area contributed by atoms with Crippen LogP contribution in [0, 0.1) is 0 Å². The lowest BCUT2D eigenvalue weighted by atomic mass is 10.1. The van der Waals surface area contributed by atoms with E-state index in [9.17, 15) is 4.79 Å². The molecule has 0 bridgehead atoms. The molecular weight excluding hydrogens is 368 g/mol. The number of pyridine rings is 1. The molecule has 0 saturated heterocycles. The maximum Gasteiger partial charge on any atom is 0.336 e. The van der Waals surface area contributed by atoms with Gasteiger partial charge in [-0.25, -0.2) is 4.79 Å². The number of hydrogen-bond acceptors (Lipinski definition) is 6. The van der Waals surface area contributed by atoms with E-state index in [2.05, 4.69) is 10.3 Å². The fourth-order valence-corrected chi connectivity index (χ4v) is 2.87. The van der Waals surface area contributed by atoms with Crippen LogP contribution in [0.4, 0.5) is 5.69 Å². The van der Waals surface area contributed by atoms with Gasteiger partial charge in [0.25, 0.3) is 0 Å². The van der Waals surface area contributed by atoms with Crippen molar-refractivity contribution in [1.29, 1.82) is 0 Å². The molecule has 0 spiro atoms. The first-order valence-electron chi connectivity index (χ1n) is 8.52. The van der Waals surface area contributed by atoms with E-state index >= 15 is 0 Å². The van der Waals surface area contributed by atoms with Crippen LogP contribution in [-0.2, 0) is 0 Å². The van der Waals surface area contributed by atoms with E-state index < -0.39 is 5.63 Å². The minimum atomic E-state index is -0.392. The van der Waals surface area contributed by atoms with Crippen LogP contribution in [-0.4, -0.2) is 18.1 Å². The van der Waals surface area contributed by atoms with Crippen molar-refractivity contribution >= 4 is 40.0 Å². The summed E-state index contributed by atoms with van der Waals surface area (Å²) < 4.78 is 16.7. The van der Waals surface area contributed by atoms with E-state index in [1.54, 1.807) is 30.8 Å². The Morgan fingerprint density at radius 3 is 2.67 bits per heavy atom. The lowest BCUT2D eigenvalue weighted by Crippen LogP contribution is -2.05. The van der Waals surface area contributed by atoms with Gasteiger partial charge in [0.15, 0.2) is 0 Å². The molecule has 7 heteroatoms. The third-order valence-corrected chi connectivity index (χ3v) is 4.14. The Kier molecular flexibility index (Phi) is 5.98. The van der Waals surface area contributed by atoms with Gasteiger partial charge in [-0.05, 0) is 37.1 Å². The summed E-state index contributed by atoms with van der Waals surface area (Å²) in [5.74, 6) is 0.692. The summed E-state index contributed by atoms with van der Waals surface area (Å²) in [7, 11) is 0. The van der Waals surface area contributed by atoms with Crippen LogP contribution in [0.25, 0.3) is 21.9 Å². The summed E-state index contributed by atoms with van der Waals surface area (Å²) in [5.41, 5.74) is 1.78. The number of unbranched alkanes of at least 4 members (excludes halogenated alkanes) is 1. The van der Waals surface area contributed by atoms with Gasteiger partial charge in [0.05, 0.1) is 23.6 Å². The second-order valence-corrected chi connectivity index (χ2v) is 5.92. The summed E-state index contributed by atoms with van der Waals surface area (Å²) in [6.07, 6.45) is 7.00. The van der Waals surface area contributed by atoms with Crippen molar-refractivity contribution in [2.24, 2.45) is 0 Å². The number of furan rings is 1. The van der Waals surface area contributed by atoms with Gasteiger partial charge >= 0.3 is 5.63 Å². The van der Waals surface area contributed by atoms with Crippen LogP contribution < -0.4 is 15.7 Å². The molecule has 0 amide bonds. The monoisotopic (exact) mass is 386 g/mol. The van der Waals surface area contributed by atoms with Crippen molar-refractivity contribution in [3.05, 3.63) is 65.5 Å². The molecule has 140 valence electrons. The maximum absolute atomic E-state index is 11.5. The summed E-state index contributed by atoms with van der Waals surface area (Å²) in [6, 6.07) is 10.6. The molecule has 6 nitrogen and oxygen atoms in total. The third kappa shape index (κ3) is 4.23. The van der Waals surface area contributed by atoms with Crippen LogP contribution in [0.1, 0.15) is 12.8 Å². The molecule has 0 radical (unpaired) electrons. The highest BCUT2D eigenvalue weighted by molar-refractivity contribution is 6.01. The SMILES string of the molecule is Cl.O=c1ccc2c(OCCCCNc3ccncc3)c3ccoc3cc2o1. The van der Waals surface area contributed by atoms with Crippen molar-refractivity contribution in [3.8, 4) is 5.75 Å². The summed E-state index contributed by atoms with van der Waals surface area (Å²) >= 11 is 0. The van der Waals surface area contributed by atoms with Gasteiger partial charge in [-0.3, -0.25) is 4.98 Å². The number of benzene rings is 1. The van der Waals surface area contributed by atoms with Crippen molar-refractivity contribution < 1.29 is 13.6 Å². The average Bonchev–Trinajstić information content (AvgIpc) is 3.12. The number of rotatable bonds is 7. The van der Waals surface area contributed by atoms with Gasteiger partial charge < -0.3 is 18.9 Å². The average molecular weight is 387 g/mol. The number of aromatic nitrogens is 1. The van der Waals surface area contributed by atoms with Crippen molar-refractivity contribution in [1.82, 2.24) is 4.98 Å². The second kappa shape index (κ2) is 8.60. The number of halogens is 1. The minimum absolute atomic E-state index is 0. The molecule has 0 aliphatic heterocycles. The molecule has 1 aromatic carbocycles. The maximum atomic E-state index is 11.5. The van der Waals surface area contributed by atoms with Crippen LogP contribution in [0.2, 0.25) is 0 Å². The zero-order valence-corrected chi connectivity index (χ0v) is 15.3. The molecule has 0 aliphatic carbocycles. The van der Waals surface area contributed by atoms with Gasteiger partial charge in [0, 0.05) is 36.8 Å². The number of fused-ring (bicyclic) bond motifs is 2. The lowest BCUT2D eigenvalue weighted by Gasteiger charge is -2.10. The van der Waals surface area contributed by atoms with Crippen LogP contribution in [0.3, 0.4) is 0 Å². The molecule has 27 heavy (non-hydrogen) atoms. The zero-order chi connectivity index (χ0) is 17.8. The Hall–Kier alpha value is -2.99. The highest BCUT2D eigenvalue weighted by Crippen LogP contribution is 2.35. The molecule has 4 aromatic rings. The predicted octanol–water partition coefficient (Wildman–Crippen LogP) is 4.63. The molecule has 4 rings (SSSR count). The van der Waals surface area contributed by atoms with E-state index in [1.165, 1.54) is 6.07 Å². The normalized spacial score (nSPS) is 10.7. The largest absolute Gasteiger partial charge is 0.492 e. The van der Waals surface area contributed by atoms with Gasteiger partial charge in [-0.1, -0.05) is 0 Å². The molecule has 0 fully saturated rings. The third-order valence-electron chi connectivity index (χ3n) is 4.14. The second-order valence-electron chi connectivity index (χ2n) is 5.92. The number of nitrogens with one attached hydrogen (secondary N) is 1. The smallest absolute Gasteiger partial charge is 0.336 e.